The molecule has 106 valence electrons. The lowest BCUT2D eigenvalue weighted by atomic mass is 10.2. The molecule has 1 heterocycles. The first-order chi connectivity index (χ1) is 9.69. The molecule has 20 heavy (non-hydrogen) atoms. The number of hydrogen-bond acceptors (Lipinski definition) is 4. The van der Waals surface area contributed by atoms with Crippen LogP contribution in [0.1, 0.15) is 20.3 Å². The lowest BCUT2D eigenvalue weighted by Gasteiger charge is -2.09. The van der Waals surface area contributed by atoms with E-state index in [0.29, 0.717) is 17.4 Å². The van der Waals surface area contributed by atoms with Gasteiger partial charge in [0.15, 0.2) is 5.13 Å². The van der Waals surface area contributed by atoms with Crippen LogP contribution in [0, 0.1) is 0 Å². The molecule has 5 heteroatoms. The number of benzene rings is 1. The van der Waals surface area contributed by atoms with Gasteiger partial charge in [-0.2, -0.15) is 0 Å². The van der Waals surface area contributed by atoms with Gasteiger partial charge in [-0.25, -0.2) is 4.98 Å². The van der Waals surface area contributed by atoms with Crippen LogP contribution in [-0.2, 0) is 0 Å². The topological polar surface area (TPSA) is 34.1 Å². The van der Waals surface area contributed by atoms with E-state index >= 15 is 0 Å². The number of nitrogens with one attached hydrogen (secondary N) is 1. The fourth-order valence-corrected chi connectivity index (χ4v) is 2.24. The van der Waals surface area contributed by atoms with Crippen LogP contribution in [-0.4, -0.2) is 11.6 Å². The van der Waals surface area contributed by atoms with Crippen molar-refractivity contribution >= 4 is 33.8 Å². The Hall–Kier alpha value is -1.52. The fourth-order valence-electron chi connectivity index (χ4n) is 1.52. The number of ether oxygens (including phenoxy) is 1. The highest BCUT2D eigenvalue weighted by Crippen LogP contribution is 2.29. The number of halogens is 1. The molecule has 1 N–H and O–H groups in total. The van der Waals surface area contributed by atoms with Crippen LogP contribution in [0.5, 0.6) is 5.75 Å². The highest BCUT2D eigenvalue weighted by molar-refractivity contribution is 7.13. The van der Waals surface area contributed by atoms with Gasteiger partial charge in [-0.1, -0.05) is 24.1 Å². The van der Waals surface area contributed by atoms with Gasteiger partial charge in [0.05, 0.1) is 5.02 Å². The van der Waals surface area contributed by atoms with E-state index in [1.807, 2.05) is 23.6 Å². The Balaban J connectivity index is 2.04. The third-order valence-corrected chi connectivity index (χ3v) is 3.84. The number of rotatable bonds is 6. The van der Waals surface area contributed by atoms with Gasteiger partial charge in [-0.05, 0) is 31.6 Å². The lowest BCUT2D eigenvalue weighted by molar-refractivity contribution is 0.362. The van der Waals surface area contributed by atoms with Crippen LogP contribution >= 0.6 is 22.9 Å². The summed E-state index contributed by atoms with van der Waals surface area (Å²) in [5.74, 6) is 0.674. The Labute approximate surface area is 128 Å². The minimum Gasteiger partial charge on any atom is -0.488 e. The summed E-state index contributed by atoms with van der Waals surface area (Å²) in [5.41, 5.74) is 2.22. The van der Waals surface area contributed by atoms with Crippen molar-refractivity contribution in [1.29, 1.82) is 0 Å². The first-order valence-electron chi connectivity index (χ1n) is 6.43. The highest BCUT2D eigenvalue weighted by Gasteiger charge is 2.04. The van der Waals surface area contributed by atoms with Gasteiger partial charge in [-0.3, -0.25) is 0 Å². The number of allylic oxidation sites excluding steroid dienone is 1. The van der Waals surface area contributed by atoms with Gasteiger partial charge in [0.1, 0.15) is 12.4 Å². The van der Waals surface area contributed by atoms with Crippen molar-refractivity contribution in [2.24, 2.45) is 0 Å². The summed E-state index contributed by atoms with van der Waals surface area (Å²) in [5, 5.41) is 6.60. The Bertz CT molecular complexity index is 582. The predicted molar refractivity (Wildman–Crippen MR) is 86.4 cm³/mol. The number of hydrogen-bond donors (Lipinski definition) is 1. The molecule has 0 aliphatic heterocycles. The quantitative estimate of drug-likeness (QED) is 0.738. The average Bonchev–Trinajstić information content (AvgIpc) is 2.95. The van der Waals surface area contributed by atoms with E-state index in [1.54, 1.807) is 17.5 Å². The van der Waals surface area contributed by atoms with Gasteiger partial charge in [0, 0.05) is 23.3 Å². The molecule has 0 fully saturated rings. The van der Waals surface area contributed by atoms with Crippen molar-refractivity contribution in [3.05, 3.63) is 46.4 Å². The first-order valence-corrected chi connectivity index (χ1v) is 7.69. The SMILES string of the molecule is CC/C(C)=C\COc1cc(Nc2nccs2)ccc1Cl. The average molecular weight is 309 g/mol. The zero-order valence-corrected chi connectivity index (χ0v) is 13.1. The van der Waals surface area contributed by atoms with E-state index in [2.05, 4.69) is 30.2 Å². The molecule has 0 aliphatic rings. The summed E-state index contributed by atoms with van der Waals surface area (Å²) in [7, 11) is 0. The summed E-state index contributed by atoms with van der Waals surface area (Å²) >= 11 is 7.69. The van der Waals surface area contributed by atoms with Crippen LogP contribution in [0.15, 0.2) is 41.4 Å². The second kappa shape index (κ2) is 7.31. The van der Waals surface area contributed by atoms with E-state index in [-0.39, 0.29) is 0 Å². The van der Waals surface area contributed by atoms with E-state index in [0.717, 1.165) is 17.2 Å². The fraction of sp³-hybridized carbons (Fsp3) is 0.267. The molecule has 0 bridgehead atoms. The minimum atomic E-state index is 0.528. The normalized spacial score (nSPS) is 11.4. The summed E-state index contributed by atoms with van der Waals surface area (Å²) < 4.78 is 5.70. The van der Waals surface area contributed by atoms with Crippen molar-refractivity contribution in [2.75, 3.05) is 11.9 Å². The minimum absolute atomic E-state index is 0.528. The molecule has 0 saturated heterocycles. The summed E-state index contributed by atoms with van der Waals surface area (Å²) in [4.78, 5) is 4.18. The third kappa shape index (κ3) is 4.25. The van der Waals surface area contributed by atoms with Crippen molar-refractivity contribution in [3.63, 3.8) is 0 Å². The smallest absolute Gasteiger partial charge is 0.187 e. The summed E-state index contributed by atoms with van der Waals surface area (Å²) in [6.45, 7) is 4.74. The second-order valence-electron chi connectivity index (χ2n) is 4.32. The van der Waals surface area contributed by atoms with Crippen molar-refractivity contribution in [2.45, 2.75) is 20.3 Å². The number of thiazole rings is 1. The largest absolute Gasteiger partial charge is 0.488 e. The zero-order valence-electron chi connectivity index (χ0n) is 11.5. The molecule has 0 aliphatic carbocycles. The van der Waals surface area contributed by atoms with Crippen molar-refractivity contribution < 1.29 is 4.74 Å². The van der Waals surface area contributed by atoms with Gasteiger partial charge in [0.2, 0.25) is 0 Å². The Morgan fingerprint density at radius 2 is 2.35 bits per heavy atom. The Morgan fingerprint density at radius 3 is 3.05 bits per heavy atom. The van der Waals surface area contributed by atoms with Crippen molar-refractivity contribution in [3.8, 4) is 5.75 Å². The molecular weight excluding hydrogens is 292 g/mol. The molecule has 0 atom stereocenters. The molecule has 0 spiro atoms. The Morgan fingerprint density at radius 1 is 1.50 bits per heavy atom. The Kier molecular flexibility index (Phi) is 5.44. The first kappa shape index (κ1) is 14.9. The van der Waals surface area contributed by atoms with E-state index < -0.39 is 0 Å². The van der Waals surface area contributed by atoms with Gasteiger partial charge < -0.3 is 10.1 Å². The van der Waals surface area contributed by atoms with Gasteiger partial charge in [-0.15, -0.1) is 11.3 Å². The zero-order chi connectivity index (χ0) is 14.4. The van der Waals surface area contributed by atoms with Gasteiger partial charge in [0.25, 0.3) is 0 Å². The van der Waals surface area contributed by atoms with Crippen LogP contribution < -0.4 is 10.1 Å². The molecule has 1 aromatic carbocycles. The maximum absolute atomic E-state index is 6.14. The van der Waals surface area contributed by atoms with E-state index in [9.17, 15) is 0 Å². The molecule has 2 aromatic rings. The molecule has 0 saturated carbocycles. The molecule has 2 rings (SSSR count). The standard InChI is InChI=1S/C15H17ClN2OS/c1-3-11(2)6-8-19-14-10-12(4-5-13(14)16)18-15-17-7-9-20-15/h4-7,9-10H,3,8H2,1-2H3,(H,17,18)/b11-6-. The molecular formula is C15H17ClN2OS. The lowest BCUT2D eigenvalue weighted by Crippen LogP contribution is -1.97. The van der Waals surface area contributed by atoms with Gasteiger partial charge >= 0.3 is 0 Å². The van der Waals surface area contributed by atoms with E-state index in [4.69, 9.17) is 16.3 Å². The molecule has 0 unspecified atom stereocenters. The predicted octanol–water partition coefficient (Wildman–Crippen LogP) is 5.28. The molecule has 0 amide bonds. The molecule has 1 aromatic heterocycles. The third-order valence-electron chi connectivity index (χ3n) is 2.84. The molecule has 3 nitrogen and oxygen atoms in total. The van der Waals surface area contributed by atoms with Crippen molar-refractivity contribution in [1.82, 2.24) is 4.98 Å². The monoisotopic (exact) mass is 308 g/mol. The van der Waals surface area contributed by atoms with Crippen LogP contribution in [0.4, 0.5) is 10.8 Å². The van der Waals surface area contributed by atoms with Crippen LogP contribution in [0.2, 0.25) is 5.02 Å². The number of anilines is 2. The summed E-state index contributed by atoms with van der Waals surface area (Å²) in [6.07, 6.45) is 4.86. The highest BCUT2D eigenvalue weighted by atomic mass is 35.5. The maximum atomic E-state index is 6.14. The maximum Gasteiger partial charge on any atom is 0.187 e. The molecule has 0 radical (unpaired) electrons. The van der Waals surface area contributed by atoms with Crippen LogP contribution in [0.3, 0.4) is 0 Å². The summed E-state index contributed by atoms with van der Waals surface area (Å²) in [6, 6.07) is 5.62. The number of nitrogens with zero attached hydrogens (tertiary/aromatic N) is 1. The van der Waals surface area contributed by atoms with Crippen LogP contribution in [0.25, 0.3) is 0 Å². The number of aromatic nitrogens is 1. The second-order valence-corrected chi connectivity index (χ2v) is 5.62. The van der Waals surface area contributed by atoms with E-state index in [1.165, 1.54) is 5.57 Å².